The summed E-state index contributed by atoms with van der Waals surface area (Å²) in [5, 5.41) is 28.7. The summed E-state index contributed by atoms with van der Waals surface area (Å²) in [4.78, 5) is 43.8. The lowest BCUT2D eigenvalue weighted by atomic mass is 9.76. The summed E-state index contributed by atoms with van der Waals surface area (Å²) < 4.78 is 39.0. The summed E-state index contributed by atoms with van der Waals surface area (Å²) in [7, 11) is -1.63. The number of ether oxygens (including phenoxy) is 7. The van der Waals surface area contributed by atoms with Crippen molar-refractivity contribution in [1.29, 1.82) is 0 Å². The van der Waals surface area contributed by atoms with E-state index in [1.54, 1.807) is 25.1 Å². The van der Waals surface area contributed by atoms with Crippen LogP contribution in [0.25, 0.3) is 0 Å². The lowest BCUT2D eigenvalue weighted by Gasteiger charge is -2.35. The Bertz CT molecular complexity index is 2060. The average Bonchev–Trinajstić information content (AvgIpc) is 3.77. The van der Waals surface area contributed by atoms with Gasteiger partial charge in [0.25, 0.3) is 11.8 Å². The Morgan fingerprint density at radius 2 is 1.32 bits per heavy atom. The lowest BCUT2D eigenvalue weighted by molar-refractivity contribution is -0.0209. The molecule has 3 heterocycles. The molecule has 22 heteroatoms. The molecule has 2 amide bonds. The number of anilines is 4. The standard InChI is InChI=1S/C44H62BClN8O11S/c1-32-7-8-35(29-36(32)45(57)58)42(55)47-9-15-59-17-19-61-21-23-63-25-27-65-28-26-64-24-22-62-20-18-60-16-14-53-10-12-54(13-11-53)40-30-39(49-34(3)50-40)51-44-48-31-38(66-44)43(56)52-41-33(2)5-4-6-37(41)46/h4-8,29-31,57-58H,9-28H2,1-3H3,(H,47,55)(H,52,56)(H,48,49,50,51). The first-order valence-corrected chi connectivity index (χ1v) is 23.2. The number of halogens is 1. The number of rotatable bonds is 31. The Kier molecular flexibility index (Phi) is 23.4. The first kappa shape index (κ1) is 52.6. The molecule has 360 valence electrons. The first-order chi connectivity index (χ1) is 32.1. The minimum atomic E-state index is -1.63. The molecule has 1 aliphatic heterocycles. The molecule has 0 radical (unpaired) electrons. The highest BCUT2D eigenvalue weighted by molar-refractivity contribution is 7.17. The fraction of sp³-hybridized carbons (Fsp3) is 0.523. The van der Waals surface area contributed by atoms with Crippen LogP contribution >= 0.6 is 22.9 Å². The van der Waals surface area contributed by atoms with Gasteiger partial charge in [-0.2, -0.15) is 0 Å². The van der Waals surface area contributed by atoms with Crippen molar-refractivity contribution >= 4 is 69.8 Å². The zero-order valence-electron chi connectivity index (χ0n) is 37.9. The zero-order valence-corrected chi connectivity index (χ0v) is 39.5. The molecular formula is C44H62BClN8O11S. The third-order valence-corrected chi connectivity index (χ3v) is 11.3. The molecule has 66 heavy (non-hydrogen) atoms. The van der Waals surface area contributed by atoms with Crippen LogP contribution in [0.15, 0.2) is 48.7 Å². The molecule has 0 unspecified atom stereocenters. The molecule has 2 aromatic carbocycles. The number of carbonyl (C=O) groups excluding carboxylic acids is 2. The maximum absolute atomic E-state index is 12.9. The smallest absolute Gasteiger partial charge is 0.423 e. The van der Waals surface area contributed by atoms with Gasteiger partial charge in [0.2, 0.25) is 0 Å². The summed E-state index contributed by atoms with van der Waals surface area (Å²) in [6.07, 6.45) is 1.53. The Hall–Kier alpha value is -4.36. The summed E-state index contributed by atoms with van der Waals surface area (Å²) in [5.41, 5.74) is 2.81. The van der Waals surface area contributed by atoms with Gasteiger partial charge in [-0.1, -0.05) is 46.7 Å². The summed E-state index contributed by atoms with van der Waals surface area (Å²) in [6.45, 7) is 16.5. The molecule has 0 atom stereocenters. The number of amides is 2. The predicted octanol–water partition coefficient (Wildman–Crippen LogP) is 2.86. The number of para-hydroxylation sites is 1. The zero-order chi connectivity index (χ0) is 46.9. The molecule has 1 fully saturated rings. The Morgan fingerprint density at radius 1 is 0.727 bits per heavy atom. The van der Waals surface area contributed by atoms with Gasteiger partial charge in [0.15, 0.2) is 5.13 Å². The number of nitrogens with one attached hydrogen (secondary N) is 3. The molecule has 2 aromatic heterocycles. The van der Waals surface area contributed by atoms with Crippen LogP contribution in [0.2, 0.25) is 5.02 Å². The largest absolute Gasteiger partial charge is 0.488 e. The van der Waals surface area contributed by atoms with Gasteiger partial charge < -0.3 is 64.1 Å². The van der Waals surface area contributed by atoms with Crippen LogP contribution in [0.4, 0.5) is 22.5 Å². The number of nitrogens with zero attached hydrogens (tertiary/aromatic N) is 5. The highest BCUT2D eigenvalue weighted by atomic mass is 35.5. The molecule has 19 nitrogen and oxygen atoms in total. The van der Waals surface area contributed by atoms with Crippen molar-refractivity contribution in [3.63, 3.8) is 0 Å². The number of aryl methyl sites for hydroxylation is 3. The lowest BCUT2D eigenvalue weighted by Crippen LogP contribution is -2.47. The molecule has 1 aliphatic rings. The monoisotopic (exact) mass is 956 g/mol. The number of hydrogen-bond acceptors (Lipinski definition) is 18. The molecular weight excluding hydrogens is 895 g/mol. The molecule has 0 saturated carbocycles. The van der Waals surface area contributed by atoms with Gasteiger partial charge in [0.1, 0.15) is 22.3 Å². The molecule has 4 aromatic rings. The Balaban J connectivity index is 0.778. The summed E-state index contributed by atoms with van der Waals surface area (Å²) in [5.74, 6) is 1.49. The average molecular weight is 957 g/mol. The third-order valence-electron chi connectivity index (χ3n) is 10.1. The van der Waals surface area contributed by atoms with E-state index in [2.05, 4.69) is 40.7 Å². The summed E-state index contributed by atoms with van der Waals surface area (Å²) >= 11 is 7.52. The predicted molar refractivity (Wildman–Crippen MR) is 254 cm³/mol. The number of thiazole rings is 1. The van der Waals surface area contributed by atoms with Crippen molar-refractivity contribution in [2.75, 3.05) is 147 Å². The van der Waals surface area contributed by atoms with E-state index in [1.165, 1.54) is 23.6 Å². The minimum Gasteiger partial charge on any atom is -0.423 e. The maximum atomic E-state index is 12.9. The van der Waals surface area contributed by atoms with E-state index >= 15 is 0 Å². The van der Waals surface area contributed by atoms with Crippen molar-refractivity contribution < 1.29 is 52.8 Å². The fourth-order valence-corrected chi connectivity index (χ4v) is 7.49. The van der Waals surface area contributed by atoms with Gasteiger partial charge in [-0.05, 0) is 50.0 Å². The number of hydrogen-bond donors (Lipinski definition) is 5. The van der Waals surface area contributed by atoms with Crippen LogP contribution in [0.5, 0.6) is 0 Å². The number of piperazine rings is 1. The number of benzene rings is 2. The fourth-order valence-electron chi connectivity index (χ4n) is 6.50. The van der Waals surface area contributed by atoms with E-state index < -0.39 is 7.12 Å². The van der Waals surface area contributed by atoms with E-state index in [0.29, 0.717) is 148 Å². The van der Waals surface area contributed by atoms with Crippen LogP contribution in [0.3, 0.4) is 0 Å². The molecule has 5 N–H and O–H groups in total. The van der Waals surface area contributed by atoms with Crippen molar-refractivity contribution in [1.82, 2.24) is 25.2 Å². The van der Waals surface area contributed by atoms with Crippen molar-refractivity contribution in [3.8, 4) is 0 Å². The van der Waals surface area contributed by atoms with Crippen LogP contribution < -0.4 is 26.3 Å². The molecule has 0 bridgehead atoms. The van der Waals surface area contributed by atoms with Crippen molar-refractivity contribution in [3.05, 3.63) is 81.1 Å². The molecule has 0 aliphatic carbocycles. The van der Waals surface area contributed by atoms with E-state index in [0.717, 1.165) is 44.1 Å². The number of carbonyl (C=O) groups is 2. The van der Waals surface area contributed by atoms with Crippen LogP contribution in [-0.2, 0) is 33.2 Å². The van der Waals surface area contributed by atoms with Gasteiger partial charge >= 0.3 is 7.12 Å². The Labute approximate surface area is 395 Å². The van der Waals surface area contributed by atoms with Crippen LogP contribution in [0.1, 0.15) is 37.0 Å². The van der Waals surface area contributed by atoms with Gasteiger partial charge in [0, 0.05) is 50.9 Å². The second-order valence-electron chi connectivity index (χ2n) is 15.0. The quantitative estimate of drug-likeness (QED) is 0.0362. The van der Waals surface area contributed by atoms with Gasteiger partial charge in [-0.3, -0.25) is 14.5 Å². The van der Waals surface area contributed by atoms with E-state index in [4.69, 9.17) is 44.8 Å². The van der Waals surface area contributed by atoms with Crippen molar-refractivity contribution in [2.24, 2.45) is 0 Å². The van der Waals surface area contributed by atoms with E-state index in [9.17, 15) is 19.6 Å². The second-order valence-corrected chi connectivity index (χ2v) is 16.5. The highest BCUT2D eigenvalue weighted by Crippen LogP contribution is 2.28. The molecule has 1 saturated heterocycles. The Morgan fingerprint density at radius 3 is 1.91 bits per heavy atom. The minimum absolute atomic E-state index is 0.280. The van der Waals surface area contributed by atoms with E-state index in [-0.39, 0.29) is 11.8 Å². The summed E-state index contributed by atoms with van der Waals surface area (Å²) in [6, 6.07) is 12.2. The van der Waals surface area contributed by atoms with Crippen LogP contribution in [0, 0.1) is 20.8 Å². The van der Waals surface area contributed by atoms with Gasteiger partial charge in [-0.15, -0.1) is 0 Å². The van der Waals surface area contributed by atoms with Crippen molar-refractivity contribution in [2.45, 2.75) is 20.8 Å². The first-order valence-electron chi connectivity index (χ1n) is 22.0. The van der Waals surface area contributed by atoms with Gasteiger partial charge in [-0.25, -0.2) is 15.0 Å². The normalized spacial score (nSPS) is 13.0. The molecule has 0 spiro atoms. The number of aromatic nitrogens is 3. The maximum Gasteiger partial charge on any atom is 0.488 e. The van der Waals surface area contributed by atoms with Gasteiger partial charge in [0.05, 0.1) is 109 Å². The third kappa shape index (κ3) is 18.7. The second kappa shape index (κ2) is 29.4. The SMILES string of the molecule is Cc1nc(Nc2ncc(C(=O)Nc3c(C)cccc3Cl)s2)cc(N2CCN(CCOCCOCCOCCOCCOCCOCCOCCNC(=O)c3ccc(C)c(B(O)O)c3)CC2)n1. The van der Waals surface area contributed by atoms with Crippen LogP contribution in [-0.4, -0.2) is 181 Å². The van der Waals surface area contributed by atoms with E-state index in [1.807, 2.05) is 32.0 Å². The molecule has 5 rings (SSSR count). The topological polar surface area (TPSA) is 220 Å². The highest BCUT2D eigenvalue weighted by Gasteiger charge is 2.20.